The molecule has 0 fully saturated rings. The maximum Gasteiger partial charge on any atom is 0.308 e. The van der Waals surface area contributed by atoms with Crippen LogP contribution in [-0.2, 0) is 14.3 Å². The standard InChI is InChI=1S/C31H30N6O5/c1-6-40-28-18-24(14-17-27(28)41-22(5)39)31-37(21(4)38)35-30(42-31)23-12-15-25(16-13-23)32-33-29-19(2)34-36(20(29)3)26-10-8-7-9-11-26/h7-18,31H,6H2,1-5H3. The van der Waals surface area contributed by atoms with Crippen molar-refractivity contribution in [3.05, 3.63) is 95.3 Å². The lowest BCUT2D eigenvalue weighted by Gasteiger charge is -2.20. The van der Waals surface area contributed by atoms with Gasteiger partial charge in [-0.15, -0.1) is 10.2 Å². The molecule has 1 aromatic heterocycles. The van der Waals surface area contributed by atoms with Crippen LogP contribution >= 0.6 is 0 Å². The first-order valence-electron chi connectivity index (χ1n) is 13.4. The van der Waals surface area contributed by atoms with E-state index in [1.54, 1.807) is 42.5 Å². The summed E-state index contributed by atoms with van der Waals surface area (Å²) in [5.41, 5.74) is 5.21. The summed E-state index contributed by atoms with van der Waals surface area (Å²) < 4.78 is 18.9. The highest BCUT2D eigenvalue weighted by Crippen LogP contribution is 2.36. The van der Waals surface area contributed by atoms with Crippen LogP contribution in [0.15, 0.2) is 88.1 Å². The summed E-state index contributed by atoms with van der Waals surface area (Å²) in [5.74, 6) is 0.150. The molecule has 1 atom stereocenters. The Balaban J connectivity index is 1.35. The molecule has 42 heavy (non-hydrogen) atoms. The largest absolute Gasteiger partial charge is 0.490 e. The molecule has 0 saturated heterocycles. The summed E-state index contributed by atoms with van der Waals surface area (Å²) >= 11 is 0. The molecule has 1 aliphatic rings. The molecule has 1 amide bonds. The number of para-hydroxylation sites is 1. The molecule has 0 N–H and O–H groups in total. The van der Waals surface area contributed by atoms with Crippen molar-refractivity contribution < 1.29 is 23.8 Å². The van der Waals surface area contributed by atoms with Crippen molar-refractivity contribution in [2.75, 3.05) is 6.61 Å². The van der Waals surface area contributed by atoms with Crippen LogP contribution in [0.25, 0.3) is 5.69 Å². The van der Waals surface area contributed by atoms with Gasteiger partial charge in [-0.05, 0) is 75.4 Å². The number of hydrazone groups is 1. The van der Waals surface area contributed by atoms with Gasteiger partial charge in [0, 0.05) is 25.0 Å². The van der Waals surface area contributed by atoms with Crippen molar-refractivity contribution in [3.8, 4) is 17.2 Å². The van der Waals surface area contributed by atoms with Gasteiger partial charge in [-0.1, -0.05) is 18.2 Å². The first-order chi connectivity index (χ1) is 20.2. The number of hydrogen-bond acceptors (Lipinski definition) is 9. The molecule has 0 bridgehead atoms. The average molecular weight is 567 g/mol. The zero-order chi connectivity index (χ0) is 29.8. The third-order valence-corrected chi connectivity index (χ3v) is 6.41. The molecule has 0 spiro atoms. The maximum atomic E-state index is 12.5. The monoisotopic (exact) mass is 566 g/mol. The second-order valence-corrected chi connectivity index (χ2v) is 9.49. The zero-order valence-electron chi connectivity index (χ0n) is 23.9. The number of ether oxygens (including phenoxy) is 3. The van der Waals surface area contributed by atoms with E-state index in [1.807, 2.05) is 55.8 Å². The number of aromatic nitrogens is 2. The number of carbonyl (C=O) groups excluding carboxylic acids is 2. The number of benzene rings is 3. The summed E-state index contributed by atoms with van der Waals surface area (Å²) in [4.78, 5) is 23.9. The minimum Gasteiger partial charge on any atom is -0.490 e. The normalized spacial score (nSPS) is 14.5. The summed E-state index contributed by atoms with van der Waals surface area (Å²) in [7, 11) is 0. The van der Waals surface area contributed by atoms with Gasteiger partial charge in [-0.25, -0.2) is 4.68 Å². The minimum absolute atomic E-state index is 0.275. The molecule has 3 aromatic carbocycles. The van der Waals surface area contributed by atoms with E-state index < -0.39 is 12.2 Å². The number of rotatable bonds is 8. The Bertz CT molecular complexity index is 1680. The quantitative estimate of drug-likeness (QED) is 0.137. The van der Waals surface area contributed by atoms with Crippen molar-refractivity contribution in [1.82, 2.24) is 14.8 Å². The minimum atomic E-state index is -0.824. The van der Waals surface area contributed by atoms with E-state index in [1.165, 1.54) is 18.9 Å². The van der Waals surface area contributed by atoms with Crippen LogP contribution in [0, 0.1) is 13.8 Å². The van der Waals surface area contributed by atoms with Crippen LogP contribution in [0.4, 0.5) is 11.4 Å². The molecule has 214 valence electrons. The van der Waals surface area contributed by atoms with Gasteiger partial charge < -0.3 is 14.2 Å². The first-order valence-corrected chi connectivity index (χ1v) is 13.4. The van der Waals surface area contributed by atoms with E-state index in [-0.39, 0.29) is 17.6 Å². The number of carbonyl (C=O) groups is 2. The molecule has 4 aromatic rings. The van der Waals surface area contributed by atoms with Crippen LogP contribution in [0.1, 0.15) is 49.5 Å². The van der Waals surface area contributed by atoms with E-state index in [4.69, 9.17) is 14.2 Å². The molecule has 0 saturated carbocycles. The second-order valence-electron chi connectivity index (χ2n) is 9.49. The average Bonchev–Trinajstić information content (AvgIpc) is 3.55. The Morgan fingerprint density at radius 2 is 1.69 bits per heavy atom. The maximum absolute atomic E-state index is 12.5. The summed E-state index contributed by atoms with van der Waals surface area (Å²) in [5, 5.41) is 19.2. The molecule has 0 radical (unpaired) electrons. The molecule has 11 heteroatoms. The molecule has 2 heterocycles. The molecule has 1 aliphatic heterocycles. The number of hydrogen-bond donors (Lipinski definition) is 0. The molecular formula is C31H30N6O5. The van der Waals surface area contributed by atoms with Gasteiger partial charge in [0.05, 0.1) is 29.4 Å². The van der Waals surface area contributed by atoms with Gasteiger partial charge in [0.1, 0.15) is 5.69 Å². The predicted octanol–water partition coefficient (Wildman–Crippen LogP) is 6.47. The Kier molecular flexibility index (Phi) is 8.09. The molecule has 11 nitrogen and oxygen atoms in total. The SMILES string of the molecule is CCOc1cc(C2OC(c3ccc(N=Nc4c(C)nn(-c5ccccc5)c4C)cc3)=NN2C(C)=O)ccc1OC(C)=O. The fourth-order valence-electron chi connectivity index (χ4n) is 4.46. The van der Waals surface area contributed by atoms with E-state index in [2.05, 4.69) is 20.4 Å². The van der Waals surface area contributed by atoms with Crippen LogP contribution in [0.2, 0.25) is 0 Å². The lowest BCUT2D eigenvalue weighted by molar-refractivity contribution is -0.135. The van der Waals surface area contributed by atoms with Gasteiger partial charge >= 0.3 is 5.97 Å². The Morgan fingerprint density at radius 3 is 2.36 bits per heavy atom. The highest BCUT2D eigenvalue weighted by molar-refractivity contribution is 5.96. The second kappa shape index (κ2) is 12.0. The fourth-order valence-corrected chi connectivity index (χ4v) is 4.46. The smallest absolute Gasteiger partial charge is 0.308 e. The van der Waals surface area contributed by atoms with Crippen LogP contribution in [0.3, 0.4) is 0 Å². The predicted molar refractivity (Wildman–Crippen MR) is 155 cm³/mol. The Hall–Kier alpha value is -5.32. The zero-order valence-corrected chi connectivity index (χ0v) is 23.9. The first kappa shape index (κ1) is 28.2. The lowest BCUT2D eigenvalue weighted by Crippen LogP contribution is -2.25. The van der Waals surface area contributed by atoms with E-state index in [0.717, 1.165) is 17.1 Å². The van der Waals surface area contributed by atoms with E-state index in [0.29, 0.717) is 34.9 Å². The van der Waals surface area contributed by atoms with E-state index >= 15 is 0 Å². The number of nitrogens with zero attached hydrogens (tertiary/aromatic N) is 6. The van der Waals surface area contributed by atoms with Crippen molar-refractivity contribution in [2.24, 2.45) is 15.3 Å². The summed E-state index contributed by atoms with van der Waals surface area (Å²) in [6.45, 7) is 8.77. The number of esters is 1. The van der Waals surface area contributed by atoms with Crippen molar-refractivity contribution >= 4 is 29.1 Å². The van der Waals surface area contributed by atoms with Gasteiger partial charge in [-0.2, -0.15) is 15.2 Å². The van der Waals surface area contributed by atoms with Crippen LogP contribution in [-0.4, -0.2) is 39.2 Å². The van der Waals surface area contributed by atoms with Gasteiger partial charge in [0.15, 0.2) is 11.5 Å². The summed E-state index contributed by atoms with van der Waals surface area (Å²) in [6, 6.07) is 22.0. The third kappa shape index (κ3) is 5.90. The number of aryl methyl sites for hydroxylation is 1. The molecule has 1 unspecified atom stereocenters. The van der Waals surface area contributed by atoms with Gasteiger partial charge in [-0.3, -0.25) is 9.59 Å². The number of azo groups is 1. The van der Waals surface area contributed by atoms with Crippen LogP contribution < -0.4 is 9.47 Å². The molecule has 0 aliphatic carbocycles. The highest BCUT2D eigenvalue weighted by Gasteiger charge is 2.34. The topological polar surface area (TPSA) is 120 Å². The molecule has 5 rings (SSSR count). The Morgan fingerprint density at radius 1 is 0.952 bits per heavy atom. The van der Waals surface area contributed by atoms with E-state index in [9.17, 15) is 9.59 Å². The molecular weight excluding hydrogens is 536 g/mol. The van der Waals surface area contributed by atoms with Crippen molar-refractivity contribution in [3.63, 3.8) is 0 Å². The third-order valence-electron chi connectivity index (χ3n) is 6.41. The Labute approximate surface area is 243 Å². The lowest BCUT2D eigenvalue weighted by atomic mass is 10.1. The van der Waals surface area contributed by atoms with Gasteiger partial charge in [0.2, 0.25) is 18.0 Å². The van der Waals surface area contributed by atoms with Crippen molar-refractivity contribution in [1.29, 1.82) is 0 Å². The highest BCUT2D eigenvalue weighted by atomic mass is 16.6. The summed E-state index contributed by atoms with van der Waals surface area (Å²) in [6.07, 6.45) is -0.824. The fraction of sp³-hybridized carbons (Fsp3) is 0.226. The van der Waals surface area contributed by atoms with Crippen LogP contribution in [0.5, 0.6) is 11.5 Å². The van der Waals surface area contributed by atoms with Gasteiger partial charge in [0.25, 0.3) is 0 Å². The number of amides is 1. The van der Waals surface area contributed by atoms with Crippen molar-refractivity contribution in [2.45, 2.75) is 40.8 Å².